The number of H-pyrrole nitrogens is 1. The number of carbonyl (C=O) groups is 1. The molecule has 2 N–H and O–H groups in total. The Morgan fingerprint density at radius 1 is 1.23 bits per heavy atom. The molecular weight excluding hydrogens is 329 g/mol. The molecule has 134 valence electrons. The van der Waals surface area contributed by atoms with E-state index in [0.717, 1.165) is 29.6 Å². The molecule has 5 heteroatoms. The second-order valence-electron chi connectivity index (χ2n) is 6.69. The molecule has 0 aliphatic carbocycles. The Morgan fingerprint density at radius 3 is 2.77 bits per heavy atom. The lowest BCUT2D eigenvalue weighted by molar-refractivity contribution is 0.179. The normalized spacial score (nSPS) is 16.5. The molecule has 0 radical (unpaired) electrons. The number of urea groups is 1. The number of hydrogen-bond donors (Lipinski definition) is 2. The predicted molar refractivity (Wildman–Crippen MR) is 101 cm³/mol. The average molecular weight is 351 g/mol. The standard InChI is InChI=1S/C21H22FN3O/c1-2-12-23-21(26)25-13-11-17-16-5-3-4-6-18(16)24-19(17)20(25)14-7-9-15(22)10-8-14/h3-10,20,24H,2,11-13H2,1H3,(H,23,26)/t20-/m0/s1. The van der Waals surface area contributed by atoms with Crippen LogP contribution in [0.5, 0.6) is 0 Å². The minimum Gasteiger partial charge on any atom is -0.356 e. The first kappa shape index (κ1) is 16.6. The zero-order valence-corrected chi connectivity index (χ0v) is 14.8. The van der Waals surface area contributed by atoms with Gasteiger partial charge < -0.3 is 15.2 Å². The Balaban J connectivity index is 1.82. The van der Waals surface area contributed by atoms with Crippen LogP contribution in [0, 0.1) is 5.82 Å². The number of nitrogens with one attached hydrogen (secondary N) is 2. The van der Waals surface area contributed by atoms with Gasteiger partial charge in [-0.3, -0.25) is 0 Å². The second-order valence-corrected chi connectivity index (χ2v) is 6.69. The Hall–Kier alpha value is -2.82. The maximum atomic E-state index is 13.4. The van der Waals surface area contributed by atoms with Gasteiger partial charge in [-0.25, -0.2) is 9.18 Å². The monoisotopic (exact) mass is 351 g/mol. The molecule has 4 rings (SSSR count). The lowest BCUT2D eigenvalue weighted by Crippen LogP contribution is -2.46. The quantitative estimate of drug-likeness (QED) is 0.723. The van der Waals surface area contributed by atoms with Crippen LogP contribution in [0.25, 0.3) is 10.9 Å². The number of carbonyl (C=O) groups excluding carboxylic acids is 1. The maximum absolute atomic E-state index is 13.4. The molecule has 0 fully saturated rings. The summed E-state index contributed by atoms with van der Waals surface area (Å²) in [7, 11) is 0. The molecule has 1 aliphatic heterocycles. The van der Waals surface area contributed by atoms with Gasteiger partial charge in [0.25, 0.3) is 0 Å². The summed E-state index contributed by atoms with van der Waals surface area (Å²) >= 11 is 0. The van der Waals surface area contributed by atoms with Crippen LogP contribution in [0.4, 0.5) is 9.18 Å². The van der Waals surface area contributed by atoms with E-state index in [9.17, 15) is 9.18 Å². The van der Waals surface area contributed by atoms with Crippen LogP contribution < -0.4 is 5.32 Å². The highest BCUT2D eigenvalue weighted by molar-refractivity contribution is 5.86. The largest absolute Gasteiger partial charge is 0.356 e. The summed E-state index contributed by atoms with van der Waals surface area (Å²) in [6.07, 6.45) is 1.69. The molecule has 2 heterocycles. The van der Waals surface area contributed by atoms with Crippen molar-refractivity contribution in [3.05, 3.63) is 71.2 Å². The van der Waals surface area contributed by atoms with Gasteiger partial charge in [0.1, 0.15) is 5.82 Å². The summed E-state index contributed by atoms with van der Waals surface area (Å²) in [5.74, 6) is -0.275. The van der Waals surface area contributed by atoms with E-state index < -0.39 is 0 Å². The van der Waals surface area contributed by atoms with Gasteiger partial charge in [0, 0.05) is 29.7 Å². The first-order chi connectivity index (χ1) is 12.7. The number of rotatable bonds is 3. The molecule has 2 amide bonds. The number of aromatic amines is 1. The fraction of sp³-hybridized carbons (Fsp3) is 0.286. The van der Waals surface area contributed by atoms with Crippen molar-refractivity contribution in [2.24, 2.45) is 0 Å². The molecule has 1 aromatic heterocycles. The SMILES string of the molecule is CCCNC(=O)N1CCc2c([nH]c3ccccc23)[C@@H]1c1ccc(F)cc1. The van der Waals surface area contributed by atoms with Gasteiger partial charge in [-0.2, -0.15) is 0 Å². The van der Waals surface area contributed by atoms with E-state index in [1.165, 1.54) is 23.1 Å². The molecule has 3 aromatic rings. The zero-order chi connectivity index (χ0) is 18.1. The Morgan fingerprint density at radius 2 is 2.00 bits per heavy atom. The van der Waals surface area contributed by atoms with E-state index in [-0.39, 0.29) is 17.9 Å². The second kappa shape index (κ2) is 6.83. The smallest absolute Gasteiger partial charge is 0.318 e. The Labute approximate surface area is 152 Å². The fourth-order valence-electron chi connectivity index (χ4n) is 3.78. The lowest BCUT2D eigenvalue weighted by Gasteiger charge is -2.36. The van der Waals surface area contributed by atoms with E-state index in [2.05, 4.69) is 22.4 Å². The Bertz CT molecular complexity index is 932. The van der Waals surface area contributed by atoms with E-state index >= 15 is 0 Å². The molecule has 1 atom stereocenters. The number of para-hydroxylation sites is 1. The van der Waals surface area contributed by atoms with Crippen molar-refractivity contribution in [2.75, 3.05) is 13.1 Å². The van der Waals surface area contributed by atoms with Crippen molar-refractivity contribution in [2.45, 2.75) is 25.8 Å². The number of halogens is 1. The maximum Gasteiger partial charge on any atom is 0.318 e. The molecule has 4 nitrogen and oxygen atoms in total. The summed E-state index contributed by atoms with van der Waals surface area (Å²) in [5, 5.41) is 4.17. The molecule has 0 saturated carbocycles. The number of benzene rings is 2. The summed E-state index contributed by atoms with van der Waals surface area (Å²) < 4.78 is 13.4. The predicted octanol–water partition coefficient (Wildman–Crippen LogP) is 4.37. The summed E-state index contributed by atoms with van der Waals surface area (Å²) in [5.41, 5.74) is 4.25. The van der Waals surface area contributed by atoms with Crippen LogP contribution in [0.2, 0.25) is 0 Å². The number of aromatic nitrogens is 1. The Kier molecular flexibility index (Phi) is 4.37. The third-order valence-electron chi connectivity index (χ3n) is 5.01. The van der Waals surface area contributed by atoms with Crippen molar-refractivity contribution in [3.8, 4) is 0 Å². The van der Waals surface area contributed by atoms with E-state index in [4.69, 9.17) is 0 Å². The van der Waals surface area contributed by atoms with Crippen molar-refractivity contribution >= 4 is 16.9 Å². The fourth-order valence-corrected chi connectivity index (χ4v) is 3.78. The van der Waals surface area contributed by atoms with Gasteiger partial charge in [-0.15, -0.1) is 0 Å². The van der Waals surface area contributed by atoms with Gasteiger partial charge in [0.05, 0.1) is 6.04 Å². The first-order valence-corrected chi connectivity index (χ1v) is 9.08. The molecule has 26 heavy (non-hydrogen) atoms. The molecule has 0 bridgehead atoms. The van der Waals surface area contributed by atoms with Crippen molar-refractivity contribution in [3.63, 3.8) is 0 Å². The highest BCUT2D eigenvalue weighted by Crippen LogP contribution is 2.38. The highest BCUT2D eigenvalue weighted by atomic mass is 19.1. The highest BCUT2D eigenvalue weighted by Gasteiger charge is 2.34. The van der Waals surface area contributed by atoms with Gasteiger partial charge in [0.15, 0.2) is 0 Å². The molecular formula is C21H22FN3O. The number of nitrogens with zero attached hydrogens (tertiary/aromatic N) is 1. The van der Waals surface area contributed by atoms with Crippen molar-refractivity contribution in [1.82, 2.24) is 15.2 Å². The third kappa shape index (κ3) is 2.83. The topological polar surface area (TPSA) is 48.1 Å². The van der Waals surface area contributed by atoms with Crippen LogP contribution >= 0.6 is 0 Å². The van der Waals surface area contributed by atoms with Crippen molar-refractivity contribution < 1.29 is 9.18 Å². The van der Waals surface area contributed by atoms with E-state index in [1.807, 2.05) is 24.0 Å². The minimum atomic E-state index is -0.275. The summed E-state index contributed by atoms with van der Waals surface area (Å²) in [4.78, 5) is 18.1. The molecule has 0 unspecified atom stereocenters. The van der Waals surface area contributed by atoms with E-state index in [1.54, 1.807) is 12.1 Å². The number of fused-ring (bicyclic) bond motifs is 3. The molecule has 1 aliphatic rings. The van der Waals surface area contributed by atoms with Crippen LogP contribution in [0.3, 0.4) is 0 Å². The minimum absolute atomic E-state index is 0.0783. The summed E-state index contributed by atoms with van der Waals surface area (Å²) in [6.45, 7) is 3.31. The zero-order valence-electron chi connectivity index (χ0n) is 14.8. The third-order valence-corrected chi connectivity index (χ3v) is 5.01. The van der Waals surface area contributed by atoms with Gasteiger partial charge in [-0.05, 0) is 42.2 Å². The average Bonchev–Trinajstić information content (AvgIpc) is 3.05. The van der Waals surface area contributed by atoms with Crippen LogP contribution in [0.15, 0.2) is 48.5 Å². The lowest BCUT2D eigenvalue weighted by atomic mass is 9.92. The van der Waals surface area contributed by atoms with Crippen LogP contribution in [-0.4, -0.2) is 29.0 Å². The van der Waals surface area contributed by atoms with Crippen LogP contribution in [0.1, 0.15) is 36.2 Å². The van der Waals surface area contributed by atoms with Gasteiger partial charge >= 0.3 is 6.03 Å². The first-order valence-electron chi connectivity index (χ1n) is 9.08. The molecule has 2 aromatic carbocycles. The summed E-state index contributed by atoms with van der Waals surface area (Å²) in [6, 6.07) is 14.3. The van der Waals surface area contributed by atoms with Gasteiger partial charge in [-0.1, -0.05) is 37.3 Å². The molecule has 0 saturated heterocycles. The van der Waals surface area contributed by atoms with Gasteiger partial charge in [0.2, 0.25) is 0 Å². The van der Waals surface area contributed by atoms with Crippen LogP contribution in [-0.2, 0) is 6.42 Å². The number of hydrogen-bond acceptors (Lipinski definition) is 1. The van der Waals surface area contributed by atoms with E-state index in [0.29, 0.717) is 13.1 Å². The number of amides is 2. The molecule has 0 spiro atoms. The van der Waals surface area contributed by atoms with Crippen molar-refractivity contribution in [1.29, 1.82) is 0 Å².